The molecule has 9 heteroatoms. The zero-order valence-electron chi connectivity index (χ0n) is 12.6. The van der Waals surface area contributed by atoms with Crippen LogP contribution in [0.2, 0.25) is 0 Å². The van der Waals surface area contributed by atoms with Crippen LogP contribution in [0.25, 0.3) is 0 Å². The Morgan fingerprint density at radius 3 is 2.59 bits per heavy atom. The number of β-amino-alcohol motifs (C(OH)–C–C–N with tert-alkyl or cyclic N) is 1. The van der Waals surface area contributed by atoms with Gasteiger partial charge < -0.3 is 25.5 Å². The number of amides is 4. The molecular formula is C13H20N4O5. The minimum Gasteiger partial charge on any atom is -0.391 e. The SMILES string of the molecule is CC(C)(NC(=O)CN1CC(O)CC1=O)C(=O)N1CNC(=O)C1. The summed E-state index contributed by atoms with van der Waals surface area (Å²) in [6.07, 6.45) is -0.742. The van der Waals surface area contributed by atoms with Crippen molar-refractivity contribution in [1.29, 1.82) is 0 Å². The van der Waals surface area contributed by atoms with Crippen molar-refractivity contribution in [1.82, 2.24) is 20.4 Å². The third-order valence-corrected chi connectivity index (χ3v) is 3.60. The van der Waals surface area contributed by atoms with Gasteiger partial charge in [0.05, 0.1) is 25.7 Å². The summed E-state index contributed by atoms with van der Waals surface area (Å²) in [5.74, 6) is -1.40. The highest BCUT2D eigenvalue weighted by atomic mass is 16.3. The number of nitrogens with one attached hydrogen (secondary N) is 2. The average molecular weight is 312 g/mol. The molecule has 0 aromatic rings. The van der Waals surface area contributed by atoms with Crippen LogP contribution in [-0.4, -0.2) is 76.5 Å². The first-order chi connectivity index (χ1) is 10.2. The van der Waals surface area contributed by atoms with Gasteiger partial charge in [0.25, 0.3) is 0 Å². The van der Waals surface area contributed by atoms with Gasteiger partial charge in [0, 0.05) is 6.54 Å². The lowest BCUT2D eigenvalue weighted by Gasteiger charge is -2.29. The Balaban J connectivity index is 1.90. The highest BCUT2D eigenvalue weighted by molar-refractivity contribution is 5.95. The fourth-order valence-corrected chi connectivity index (χ4v) is 2.53. The average Bonchev–Trinajstić information content (AvgIpc) is 2.94. The molecule has 2 heterocycles. The van der Waals surface area contributed by atoms with Gasteiger partial charge in [0.15, 0.2) is 0 Å². The lowest BCUT2D eigenvalue weighted by molar-refractivity contribution is -0.141. The highest BCUT2D eigenvalue weighted by Crippen LogP contribution is 2.12. The summed E-state index contributed by atoms with van der Waals surface area (Å²) in [7, 11) is 0. The Hall–Kier alpha value is -2.16. The molecule has 0 aromatic carbocycles. The second kappa shape index (κ2) is 5.91. The van der Waals surface area contributed by atoms with Crippen LogP contribution in [0.1, 0.15) is 20.3 Å². The van der Waals surface area contributed by atoms with Crippen LogP contribution < -0.4 is 10.6 Å². The summed E-state index contributed by atoms with van der Waals surface area (Å²) in [5.41, 5.74) is -1.19. The fraction of sp³-hybridized carbons (Fsp3) is 0.692. The molecule has 22 heavy (non-hydrogen) atoms. The van der Waals surface area contributed by atoms with E-state index < -0.39 is 17.6 Å². The van der Waals surface area contributed by atoms with Gasteiger partial charge in [0.1, 0.15) is 12.1 Å². The predicted octanol–water partition coefficient (Wildman–Crippen LogP) is -2.61. The Labute approximate surface area is 127 Å². The number of likely N-dealkylation sites (tertiary alicyclic amines) is 1. The van der Waals surface area contributed by atoms with Crippen LogP contribution in [0, 0.1) is 0 Å². The van der Waals surface area contributed by atoms with Crippen LogP contribution >= 0.6 is 0 Å². The molecule has 122 valence electrons. The van der Waals surface area contributed by atoms with Crippen LogP contribution in [-0.2, 0) is 19.2 Å². The Kier molecular flexibility index (Phi) is 4.36. The lowest BCUT2D eigenvalue weighted by atomic mass is 10.0. The summed E-state index contributed by atoms with van der Waals surface area (Å²) in [6, 6.07) is 0. The molecule has 0 spiro atoms. The number of carbonyl (C=O) groups is 4. The molecule has 2 rings (SSSR count). The van der Waals surface area contributed by atoms with Crippen molar-refractivity contribution in [2.75, 3.05) is 26.3 Å². The molecule has 1 unspecified atom stereocenters. The van der Waals surface area contributed by atoms with E-state index in [1.54, 1.807) is 0 Å². The van der Waals surface area contributed by atoms with E-state index in [1.165, 1.54) is 23.6 Å². The van der Waals surface area contributed by atoms with E-state index in [2.05, 4.69) is 10.6 Å². The Morgan fingerprint density at radius 2 is 2.09 bits per heavy atom. The predicted molar refractivity (Wildman–Crippen MR) is 74.1 cm³/mol. The van der Waals surface area contributed by atoms with Gasteiger partial charge in [0.2, 0.25) is 23.6 Å². The molecule has 2 fully saturated rings. The van der Waals surface area contributed by atoms with Gasteiger partial charge in [-0.25, -0.2) is 0 Å². The second-order valence-electron chi connectivity index (χ2n) is 6.07. The van der Waals surface area contributed by atoms with Crippen LogP contribution in [0.15, 0.2) is 0 Å². The van der Waals surface area contributed by atoms with Crippen LogP contribution in [0.3, 0.4) is 0 Å². The summed E-state index contributed by atoms with van der Waals surface area (Å²) < 4.78 is 0. The third-order valence-electron chi connectivity index (χ3n) is 3.60. The topological polar surface area (TPSA) is 119 Å². The quantitative estimate of drug-likeness (QED) is 0.525. The number of nitrogens with zero attached hydrogens (tertiary/aromatic N) is 2. The van der Waals surface area contributed by atoms with Crippen molar-refractivity contribution >= 4 is 23.6 Å². The van der Waals surface area contributed by atoms with Crippen LogP contribution in [0.5, 0.6) is 0 Å². The summed E-state index contributed by atoms with van der Waals surface area (Å²) >= 11 is 0. The largest absolute Gasteiger partial charge is 0.391 e. The zero-order chi connectivity index (χ0) is 16.5. The van der Waals surface area contributed by atoms with Gasteiger partial charge in [-0.05, 0) is 13.8 Å². The highest BCUT2D eigenvalue weighted by Gasteiger charge is 2.37. The maximum absolute atomic E-state index is 12.3. The van der Waals surface area contributed by atoms with Gasteiger partial charge in [-0.3, -0.25) is 19.2 Å². The maximum Gasteiger partial charge on any atom is 0.249 e. The second-order valence-corrected chi connectivity index (χ2v) is 6.07. The van der Waals surface area contributed by atoms with Crippen molar-refractivity contribution in [3.8, 4) is 0 Å². The van der Waals surface area contributed by atoms with Crippen LogP contribution in [0.4, 0.5) is 0 Å². The molecule has 9 nitrogen and oxygen atoms in total. The number of aliphatic hydroxyl groups is 1. The van der Waals surface area contributed by atoms with E-state index in [0.29, 0.717) is 0 Å². The third kappa shape index (κ3) is 3.53. The van der Waals surface area contributed by atoms with Gasteiger partial charge in [-0.2, -0.15) is 0 Å². The number of hydrogen-bond donors (Lipinski definition) is 3. The van der Waals surface area contributed by atoms with Gasteiger partial charge >= 0.3 is 0 Å². The zero-order valence-corrected chi connectivity index (χ0v) is 12.6. The Morgan fingerprint density at radius 1 is 1.41 bits per heavy atom. The van der Waals surface area contributed by atoms with Crippen molar-refractivity contribution in [3.63, 3.8) is 0 Å². The van der Waals surface area contributed by atoms with E-state index in [4.69, 9.17) is 0 Å². The molecule has 0 aliphatic carbocycles. The first-order valence-electron chi connectivity index (χ1n) is 7.02. The van der Waals surface area contributed by atoms with E-state index in [1.807, 2.05) is 0 Å². The molecule has 0 aromatic heterocycles. The number of aliphatic hydroxyl groups excluding tert-OH is 1. The molecule has 1 atom stereocenters. The lowest BCUT2D eigenvalue weighted by Crippen LogP contribution is -2.57. The monoisotopic (exact) mass is 312 g/mol. The van der Waals surface area contributed by atoms with Crippen molar-refractivity contribution in [2.24, 2.45) is 0 Å². The molecule has 3 N–H and O–H groups in total. The van der Waals surface area contributed by atoms with Gasteiger partial charge in [-0.1, -0.05) is 0 Å². The van der Waals surface area contributed by atoms with E-state index >= 15 is 0 Å². The molecular weight excluding hydrogens is 292 g/mol. The van der Waals surface area contributed by atoms with E-state index in [9.17, 15) is 24.3 Å². The standard InChI is InChI=1S/C13H20N4O5/c1-13(2,12(22)17-5-9(19)14-7-17)15-10(20)6-16-4-8(18)3-11(16)21/h8,18H,3-7H2,1-2H3,(H,14,19)(H,15,20). The van der Waals surface area contributed by atoms with Crippen molar-refractivity contribution in [2.45, 2.75) is 31.9 Å². The van der Waals surface area contributed by atoms with E-state index in [0.717, 1.165) is 0 Å². The van der Waals surface area contributed by atoms with Crippen molar-refractivity contribution in [3.05, 3.63) is 0 Å². The van der Waals surface area contributed by atoms with E-state index in [-0.39, 0.29) is 50.4 Å². The normalized spacial score (nSPS) is 22.0. The Bertz CT molecular complexity index is 519. The first kappa shape index (κ1) is 16.2. The molecule has 2 saturated heterocycles. The molecule has 2 aliphatic rings. The molecule has 0 bridgehead atoms. The molecule has 2 aliphatic heterocycles. The number of carbonyl (C=O) groups excluding carboxylic acids is 4. The summed E-state index contributed by atoms with van der Waals surface area (Å²) in [5, 5.41) is 14.5. The maximum atomic E-state index is 12.3. The first-order valence-corrected chi connectivity index (χ1v) is 7.02. The summed E-state index contributed by atoms with van der Waals surface area (Å²) in [4.78, 5) is 49.5. The van der Waals surface area contributed by atoms with Crippen molar-refractivity contribution < 1.29 is 24.3 Å². The molecule has 0 saturated carbocycles. The molecule has 0 radical (unpaired) electrons. The fourth-order valence-electron chi connectivity index (χ4n) is 2.53. The number of hydrogen-bond acceptors (Lipinski definition) is 5. The van der Waals surface area contributed by atoms with Gasteiger partial charge in [-0.15, -0.1) is 0 Å². The minimum atomic E-state index is -1.19. The molecule has 4 amide bonds. The smallest absolute Gasteiger partial charge is 0.249 e. The number of rotatable bonds is 4. The minimum absolute atomic E-state index is 0.0111. The summed E-state index contributed by atoms with van der Waals surface area (Å²) in [6.45, 7) is 3.07.